The summed E-state index contributed by atoms with van der Waals surface area (Å²) in [5, 5.41) is 4.86. The van der Waals surface area contributed by atoms with Gasteiger partial charge < -0.3 is 5.73 Å². The average Bonchev–Trinajstić information content (AvgIpc) is 2.61. The van der Waals surface area contributed by atoms with E-state index in [1.807, 2.05) is 6.92 Å². The van der Waals surface area contributed by atoms with Gasteiger partial charge in [-0.3, -0.25) is 4.57 Å². The van der Waals surface area contributed by atoms with Crippen LogP contribution in [0, 0.1) is 6.92 Å². The number of benzene rings is 1. The summed E-state index contributed by atoms with van der Waals surface area (Å²) in [6, 6.07) is 3.02. The minimum Gasteiger partial charge on any atom is -0.397 e. The van der Waals surface area contributed by atoms with Crippen LogP contribution >= 0.6 is 23.2 Å². The third kappa shape index (κ3) is 2.59. The minimum absolute atomic E-state index is 0.297. The van der Waals surface area contributed by atoms with Gasteiger partial charge in [-0.25, -0.2) is 4.79 Å². The van der Waals surface area contributed by atoms with Crippen LogP contribution in [-0.2, 0) is 6.54 Å². The van der Waals surface area contributed by atoms with Crippen molar-refractivity contribution in [2.45, 2.75) is 20.4 Å². The van der Waals surface area contributed by atoms with Crippen molar-refractivity contribution >= 4 is 28.9 Å². The number of aryl methyl sites for hydroxylation is 1. The SMILES string of the molecule is C=C(C)Cn1c(C)nn(-c2cc(N)c(Cl)cc2Cl)c1=O. The summed E-state index contributed by atoms with van der Waals surface area (Å²) in [6.07, 6.45) is 0. The highest BCUT2D eigenvalue weighted by Crippen LogP contribution is 2.28. The van der Waals surface area contributed by atoms with Crippen molar-refractivity contribution in [3.8, 4) is 5.69 Å². The van der Waals surface area contributed by atoms with Crippen LogP contribution < -0.4 is 11.4 Å². The Kier molecular flexibility index (Phi) is 3.92. The summed E-state index contributed by atoms with van der Waals surface area (Å²) in [4.78, 5) is 12.4. The largest absolute Gasteiger partial charge is 0.397 e. The Balaban J connectivity index is 2.63. The predicted octanol–water partition coefficient (Wildman–Crippen LogP) is 2.81. The highest BCUT2D eigenvalue weighted by atomic mass is 35.5. The van der Waals surface area contributed by atoms with Gasteiger partial charge in [-0.15, -0.1) is 0 Å². The second-order valence-electron chi connectivity index (χ2n) is 4.61. The molecule has 0 aliphatic heterocycles. The molecule has 1 aromatic carbocycles. The summed E-state index contributed by atoms with van der Waals surface area (Å²) in [5.41, 5.74) is 7.05. The molecular formula is C13H14Cl2N4O. The highest BCUT2D eigenvalue weighted by molar-refractivity contribution is 6.37. The van der Waals surface area contributed by atoms with Crippen molar-refractivity contribution in [3.63, 3.8) is 0 Å². The van der Waals surface area contributed by atoms with Crippen LogP contribution in [-0.4, -0.2) is 14.3 Å². The van der Waals surface area contributed by atoms with E-state index in [-0.39, 0.29) is 5.69 Å². The maximum absolute atomic E-state index is 12.4. The molecule has 0 spiro atoms. The number of allylic oxidation sites excluding steroid dienone is 1. The second kappa shape index (κ2) is 5.34. The van der Waals surface area contributed by atoms with E-state index < -0.39 is 0 Å². The van der Waals surface area contributed by atoms with Crippen molar-refractivity contribution in [1.29, 1.82) is 0 Å². The summed E-state index contributed by atoms with van der Waals surface area (Å²) >= 11 is 12.0. The molecule has 5 nitrogen and oxygen atoms in total. The van der Waals surface area contributed by atoms with Gasteiger partial charge in [-0.1, -0.05) is 35.4 Å². The molecule has 0 aliphatic carbocycles. The van der Waals surface area contributed by atoms with E-state index in [4.69, 9.17) is 28.9 Å². The first-order chi connectivity index (χ1) is 9.31. The molecule has 0 radical (unpaired) electrons. The number of anilines is 1. The topological polar surface area (TPSA) is 65.8 Å². The van der Waals surface area contributed by atoms with Gasteiger partial charge in [0.05, 0.1) is 21.4 Å². The van der Waals surface area contributed by atoms with Crippen LogP contribution in [0.1, 0.15) is 12.7 Å². The summed E-state index contributed by atoms with van der Waals surface area (Å²) < 4.78 is 2.73. The lowest BCUT2D eigenvalue weighted by molar-refractivity contribution is 0.715. The average molecular weight is 313 g/mol. The smallest absolute Gasteiger partial charge is 0.351 e. The van der Waals surface area contributed by atoms with Crippen LogP contribution in [0.4, 0.5) is 5.69 Å². The lowest BCUT2D eigenvalue weighted by Crippen LogP contribution is -2.24. The van der Waals surface area contributed by atoms with Crippen LogP contribution in [0.5, 0.6) is 0 Å². The normalized spacial score (nSPS) is 10.8. The fourth-order valence-electron chi connectivity index (χ4n) is 1.82. The van der Waals surface area contributed by atoms with Crippen molar-refractivity contribution in [1.82, 2.24) is 14.3 Å². The van der Waals surface area contributed by atoms with Crippen LogP contribution in [0.15, 0.2) is 29.1 Å². The van der Waals surface area contributed by atoms with Crippen LogP contribution in [0.2, 0.25) is 10.0 Å². The molecule has 0 bridgehead atoms. The Morgan fingerprint density at radius 3 is 2.65 bits per heavy atom. The number of hydrogen-bond acceptors (Lipinski definition) is 3. The van der Waals surface area contributed by atoms with Crippen molar-refractivity contribution in [2.24, 2.45) is 0 Å². The molecule has 20 heavy (non-hydrogen) atoms. The number of nitrogen functional groups attached to an aromatic ring is 1. The fourth-order valence-corrected chi connectivity index (χ4v) is 2.28. The Bertz CT molecular complexity index is 746. The molecule has 0 unspecified atom stereocenters. The van der Waals surface area contributed by atoms with Crippen molar-refractivity contribution in [2.75, 3.05) is 5.73 Å². The number of nitrogens with two attached hydrogens (primary N) is 1. The zero-order valence-corrected chi connectivity index (χ0v) is 12.7. The Morgan fingerprint density at radius 1 is 1.40 bits per heavy atom. The predicted molar refractivity (Wildman–Crippen MR) is 81.8 cm³/mol. The highest BCUT2D eigenvalue weighted by Gasteiger charge is 2.15. The lowest BCUT2D eigenvalue weighted by atomic mass is 10.3. The Labute approximate surface area is 126 Å². The van der Waals surface area contributed by atoms with E-state index in [1.165, 1.54) is 21.4 Å². The lowest BCUT2D eigenvalue weighted by Gasteiger charge is -2.06. The van der Waals surface area contributed by atoms with Crippen molar-refractivity contribution < 1.29 is 0 Å². The van der Waals surface area contributed by atoms with Gasteiger partial charge in [0.15, 0.2) is 0 Å². The second-order valence-corrected chi connectivity index (χ2v) is 5.42. The maximum atomic E-state index is 12.4. The molecular weight excluding hydrogens is 299 g/mol. The number of rotatable bonds is 3. The number of halogens is 2. The molecule has 2 rings (SSSR count). The molecule has 106 valence electrons. The molecule has 2 N–H and O–H groups in total. The third-order valence-electron chi connectivity index (χ3n) is 2.77. The van der Waals surface area contributed by atoms with E-state index in [1.54, 1.807) is 6.92 Å². The summed E-state index contributed by atoms with van der Waals surface area (Å²) in [5.74, 6) is 0.572. The molecule has 1 heterocycles. The van der Waals surface area contributed by atoms with Gasteiger partial charge >= 0.3 is 5.69 Å². The quantitative estimate of drug-likeness (QED) is 0.700. The third-order valence-corrected chi connectivity index (χ3v) is 3.40. The zero-order valence-electron chi connectivity index (χ0n) is 11.2. The molecule has 0 atom stereocenters. The molecule has 0 amide bonds. The standard InChI is InChI=1S/C13H14Cl2N4O/c1-7(2)6-18-8(3)17-19(13(18)20)12-5-11(16)9(14)4-10(12)15/h4-5H,1,6,16H2,2-3H3. The van der Waals surface area contributed by atoms with Gasteiger partial charge in [0.1, 0.15) is 5.82 Å². The van der Waals surface area contributed by atoms with E-state index in [0.717, 1.165) is 5.57 Å². The van der Waals surface area contributed by atoms with Crippen molar-refractivity contribution in [3.05, 3.63) is 50.6 Å². The number of hydrogen-bond donors (Lipinski definition) is 1. The van der Waals surface area contributed by atoms with Gasteiger partial charge in [0, 0.05) is 6.54 Å². The monoisotopic (exact) mass is 312 g/mol. The maximum Gasteiger partial charge on any atom is 0.351 e. The zero-order chi connectivity index (χ0) is 15.0. The van der Waals surface area contributed by atoms with Gasteiger partial charge in [0.2, 0.25) is 0 Å². The van der Waals surface area contributed by atoms with E-state index in [2.05, 4.69) is 11.7 Å². The van der Waals surface area contributed by atoms with Crippen LogP contribution in [0.3, 0.4) is 0 Å². The minimum atomic E-state index is -0.297. The molecule has 1 aromatic heterocycles. The van der Waals surface area contributed by atoms with Gasteiger partial charge in [0.25, 0.3) is 0 Å². The number of aromatic nitrogens is 3. The first-order valence-electron chi connectivity index (χ1n) is 5.87. The first-order valence-corrected chi connectivity index (χ1v) is 6.62. The Hall–Kier alpha value is -1.72. The number of nitrogens with zero attached hydrogens (tertiary/aromatic N) is 3. The molecule has 0 aliphatic rings. The summed E-state index contributed by atoms with van der Waals surface area (Å²) in [6.45, 7) is 7.79. The Morgan fingerprint density at radius 2 is 2.05 bits per heavy atom. The van der Waals surface area contributed by atoms with Gasteiger partial charge in [-0.2, -0.15) is 9.78 Å². The molecule has 0 saturated carbocycles. The van der Waals surface area contributed by atoms with E-state index in [9.17, 15) is 4.79 Å². The molecule has 7 heteroatoms. The summed E-state index contributed by atoms with van der Waals surface area (Å²) in [7, 11) is 0. The van der Waals surface area contributed by atoms with Gasteiger partial charge in [-0.05, 0) is 26.0 Å². The van der Waals surface area contributed by atoms with Crippen LogP contribution in [0.25, 0.3) is 5.69 Å². The van der Waals surface area contributed by atoms with E-state index in [0.29, 0.717) is 33.8 Å². The molecule has 2 aromatic rings. The fraction of sp³-hybridized carbons (Fsp3) is 0.231. The first kappa shape index (κ1) is 14.7. The molecule has 0 saturated heterocycles. The molecule has 0 fully saturated rings. The van der Waals surface area contributed by atoms with E-state index >= 15 is 0 Å².